The van der Waals surface area contributed by atoms with Crippen molar-refractivity contribution in [3.8, 4) is 17.5 Å². The first-order valence-corrected chi connectivity index (χ1v) is 10.8. The molecular formula is C24H22FN7O. The van der Waals surface area contributed by atoms with Gasteiger partial charge in [-0.15, -0.1) is 0 Å². The second-order valence-electron chi connectivity index (χ2n) is 8.90. The minimum absolute atomic E-state index is 0.110. The Morgan fingerprint density at radius 2 is 1.91 bits per heavy atom. The zero-order valence-corrected chi connectivity index (χ0v) is 18.3. The average molecular weight is 443 g/mol. The van der Waals surface area contributed by atoms with Crippen LogP contribution in [0.1, 0.15) is 43.1 Å². The number of nitriles is 1. The number of urea groups is 1. The fraction of sp³-hybridized carbons (Fsp3) is 0.333. The lowest BCUT2D eigenvalue weighted by Gasteiger charge is -2.62. The largest absolute Gasteiger partial charge is 0.322 e. The molecule has 1 aromatic carbocycles. The van der Waals surface area contributed by atoms with Crippen LogP contribution >= 0.6 is 0 Å². The molecule has 2 amide bonds. The van der Waals surface area contributed by atoms with Crippen LogP contribution in [0.2, 0.25) is 0 Å². The number of piperidine rings is 1. The van der Waals surface area contributed by atoms with Crippen LogP contribution in [0, 0.1) is 30.0 Å². The maximum atomic E-state index is 13.4. The van der Waals surface area contributed by atoms with Crippen LogP contribution in [0.3, 0.4) is 0 Å². The van der Waals surface area contributed by atoms with Gasteiger partial charge < -0.3 is 10.2 Å². The van der Waals surface area contributed by atoms with Crippen molar-refractivity contribution in [2.24, 2.45) is 5.92 Å². The number of benzene rings is 1. The number of hydrogen-bond acceptors (Lipinski definition) is 6. The predicted octanol–water partition coefficient (Wildman–Crippen LogP) is 4.18. The number of anilines is 1. The van der Waals surface area contributed by atoms with E-state index >= 15 is 0 Å². The zero-order chi connectivity index (χ0) is 23.2. The smallest absolute Gasteiger partial charge is 0.308 e. The number of carbonyl (C=O) groups excluding carboxylic acids is 1. The first kappa shape index (κ1) is 20.9. The molecule has 5 rings (SSSR count). The van der Waals surface area contributed by atoms with E-state index in [1.54, 1.807) is 6.07 Å². The van der Waals surface area contributed by atoms with E-state index in [1.807, 2.05) is 30.0 Å². The van der Waals surface area contributed by atoms with Gasteiger partial charge >= 0.3 is 6.03 Å². The molecule has 2 aromatic heterocycles. The van der Waals surface area contributed by atoms with Gasteiger partial charge in [0.1, 0.15) is 11.6 Å². The van der Waals surface area contributed by atoms with Crippen LogP contribution < -0.4 is 5.32 Å². The number of hydrogen-bond donors (Lipinski definition) is 1. The van der Waals surface area contributed by atoms with Crippen LogP contribution in [0.5, 0.6) is 0 Å². The SMILES string of the molecule is Cc1ccc(NC(=O)N2C3C[C@H](C)CC2(c2ncc(C#N)cn2)C3)cc1-c1ncc(F)cn1. The van der Waals surface area contributed by atoms with Crippen LogP contribution in [0.15, 0.2) is 43.0 Å². The van der Waals surface area contributed by atoms with E-state index < -0.39 is 11.4 Å². The summed E-state index contributed by atoms with van der Waals surface area (Å²) in [5, 5.41) is 12.1. The number of fused-ring (bicyclic) bond motifs is 2. The van der Waals surface area contributed by atoms with Gasteiger partial charge in [0.05, 0.1) is 18.0 Å². The third kappa shape index (κ3) is 3.57. The summed E-state index contributed by atoms with van der Waals surface area (Å²) in [6.07, 6.45) is 7.76. The number of aryl methyl sites for hydroxylation is 1. The Morgan fingerprint density at radius 1 is 1.18 bits per heavy atom. The number of nitrogens with zero attached hydrogens (tertiary/aromatic N) is 6. The highest BCUT2D eigenvalue weighted by Crippen LogP contribution is 2.55. The lowest BCUT2D eigenvalue weighted by atomic mass is 9.64. The summed E-state index contributed by atoms with van der Waals surface area (Å²) in [4.78, 5) is 32.2. The maximum absolute atomic E-state index is 13.4. The van der Waals surface area contributed by atoms with Gasteiger partial charge in [0.15, 0.2) is 17.5 Å². The highest BCUT2D eigenvalue weighted by Gasteiger charge is 2.60. The van der Waals surface area contributed by atoms with E-state index in [0.29, 0.717) is 28.8 Å². The van der Waals surface area contributed by atoms with E-state index in [4.69, 9.17) is 5.26 Å². The number of halogens is 1. The van der Waals surface area contributed by atoms with Crippen molar-refractivity contribution in [3.63, 3.8) is 0 Å². The van der Waals surface area contributed by atoms with E-state index in [1.165, 1.54) is 12.4 Å². The Morgan fingerprint density at radius 3 is 2.61 bits per heavy atom. The van der Waals surface area contributed by atoms with E-state index in [-0.39, 0.29) is 12.1 Å². The lowest BCUT2D eigenvalue weighted by molar-refractivity contribution is -0.100. The third-order valence-electron chi connectivity index (χ3n) is 6.53. The summed E-state index contributed by atoms with van der Waals surface area (Å²) in [5.74, 6) is 0.897. The Kier molecular flexibility index (Phi) is 5.01. The average Bonchev–Trinajstić information content (AvgIpc) is 2.80. The van der Waals surface area contributed by atoms with Crippen molar-refractivity contribution in [3.05, 3.63) is 65.8 Å². The van der Waals surface area contributed by atoms with Crippen molar-refractivity contribution in [1.29, 1.82) is 5.26 Å². The molecule has 33 heavy (non-hydrogen) atoms. The molecule has 8 nitrogen and oxygen atoms in total. The Hall–Kier alpha value is -3.93. The first-order chi connectivity index (χ1) is 15.9. The Balaban J connectivity index is 1.43. The summed E-state index contributed by atoms with van der Waals surface area (Å²) in [7, 11) is 0. The first-order valence-electron chi connectivity index (χ1n) is 10.8. The van der Waals surface area contributed by atoms with Crippen molar-refractivity contribution in [2.75, 3.05) is 5.32 Å². The number of rotatable bonds is 3. The van der Waals surface area contributed by atoms with Gasteiger partial charge in [-0.2, -0.15) is 5.26 Å². The summed E-state index contributed by atoms with van der Waals surface area (Å²) < 4.78 is 13.2. The van der Waals surface area contributed by atoms with E-state index in [9.17, 15) is 9.18 Å². The second-order valence-corrected chi connectivity index (χ2v) is 8.90. The van der Waals surface area contributed by atoms with Crippen LogP contribution in [-0.2, 0) is 5.54 Å². The topological polar surface area (TPSA) is 108 Å². The predicted molar refractivity (Wildman–Crippen MR) is 118 cm³/mol. The molecule has 2 bridgehead atoms. The Bertz CT molecular complexity index is 1260. The standard InChI is InChI=1S/C24H22FN7O/c1-14-5-19-8-24(7-14,22-29-10-16(9-26)11-30-22)32(19)23(33)31-18-4-3-15(2)20(6-18)21-27-12-17(25)13-28-21/h3-4,6,10-14,19H,5,7-8H2,1-2H3,(H,31,33)/t14-,19?,24?/m0/s1. The summed E-state index contributed by atoms with van der Waals surface area (Å²) in [6.45, 7) is 4.08. The van der Waals surface area contributed by atoms with Crippen LogP contribution in [-0.4, -0.2) is 36.9 Å². The summed E-state index contributed by atoms with van der Waals surface area (Å²) >= 11 is 0. The van der Waals surface area contributed by atoms with Gasteiger partial charge in [0.2, 0.25) is 0 Å². The Labute approximate surface area is 190 Å². The molecule has 2 fully saturated rings. The monoisotopic (exact) mass is 443 g/mol. The molecule has 0 radical (unpaired) electrons. The molecule has 2 aliphatic rings. The molecule has 0 aliphatic carbocycles. The molecule has 0 spiro atoms. The number of aromatic nitrogens is 4. The van der Waals surface area contributed by atoms with Crippen molar-refractivity contribution < 1.29 is 9.18 Å². The maximum Gasteiger partial charge on any atom is 0.322 e. The fourth-order valence-corrected chi connectivity index (χ4v) is 5.16. The second kappa shape index (κ2) is 7.89. The molecule has 3 aromatic rings. The summed E-state index contributed by atoms with van der Waals surface area (Å²) in [5.41, 5.74) is 2.05. The molecule has 2 unspecified atom stereocenters. The number of carbonyl (C=O) groups is 1. The quantitative estimate of drug-likeness (QED) is 0.651. The highest BCUT2D eigenvalue weighted by atomic mass is 19.1. The van der Waals surface area contributed by atoms with E-state index in [2.05, 4.69) is 32.2 Å². The van der Waals surface area contributed by atoms with Gasteiger partial charge in [0.25, 0.3) is 0 Å². The highest BCUT2D eigenvalue weighted by molar-refractivity contribution is 5.92. The summed E-state index contributed by atoms with van der Waals surface area (Å²) in [6, 6.07) is 7.41. The lowest BCUT2D eigenvalue weighted by Crippen LogP contribution is -2.70. The number of amides is 2. The van der Waals surface area contributed by atoms with Crippen LogP contribution in [0.4, 0.5) is 14.9 Å². The van der Waals surface area contributed by atoms with Crippen molar-refractivity contribution in [1.82, 2.24) is 24.8 Å². The van der Waals surface area contributed by atoms with Gasteiger partial charge in [-0.25, -0.2) is 29.1 Å². The fourth-order valence-electron chi connectivity index (χ4n) is 5.16. The zero-order valence-electron chi connectivity index (χ0n) is 18.3. The minimum atomic E-state index is -0.575. The molecule has 9 heteroatoms. The molecule has 166 valence electrons. The van der Waals surface area contributed by atoms with Crippen LogP contribution in [0.25, 0.3) is 11.4 Å². The molecule has 1 N–H and O–H groups in total. The minimum Gasteiger partial charge on any atom is -0.308 e. The molecule has 3 atom stereocenters. The normalized spacial score (nSPS) is 23.4. The van der Waals surface area contributed by atoms with Crippen molar-refractivity contribution >= 4 is 11.7 Å². The molecule has 2 aliphatic heterocycles. The molecular weight excluding hydrogens is 421 g/mol. The molecule has 4 heterocycles. The van der Waals surface area contributed by atoms with Crippen molar-refractivity contribution in [2.45, 2.75) is 44.7 Å². The van der Waals surface area contributed by atoms with E-state index in [0.717, 1.165) is 42.8 Å². The number of nitrogens with one attached hydrogen (secondary N) is 1. The van der Waals surface area contributed by atoms with Gasteiger partial charge in [0, 0.05) is 29.7 Å². The van der Waals surface area contributed by atoms with Gasteiger partial charge in [-0.05, 0) is 49.8 Å². The van der Waals surface area contributed by atoms with Gasteiger partial charge in [-0.3, -0.25) is 0 Å². The third-order valence-corrected chi connectivity index (χ3v) is 6.53. The molecule has 2 saturated heterocycles. The molecule has 0 saturated carbocycles. The van der Waals surface area contributed by atoms with Gasteiger partial charge in [-0.1, -0.05) is 13.0 Å².